The van der Waals surface area contributed by atoms with Crippen LogP contribution in [0.15, 0.2) is 11.6 Å². The Hall–Kier alpha value is -0.950. The fourth-order valence-corrected chi connectivity index (χ4v) is 5.18. The van der Waals surface area contributed by atoms with Gasteiger partial charge in [0, 0.05) is 32.3 Å². The number of aliphatic hydroxyl groups excluding tert-OH is 2. The molecular formula is C18H28O6. The molecule has 1 saturated heterocycles. The van der Waals surface area contributed by atoms with Crippen LogP contribution in [0.2, 0.25) is 0 Å². The second-order valence-corrected chi connectivity index (χ2v) is 8.08. The van der Waals surface area contributed by atoms with Crippen LogP contribution in [0, 0.1) is 17.3 Å². The Balaban J connectivity index is 2.10. The number of aliphatic hydroxyl groups is 2. The van der Waals surface area contributed by atoms with Gasteiger partial charge in [-0.05, 0) is 18.8 Å². The molecule has 0 spiro atoms. The highest BCUT2D eigenvalue weighted by molar-refractivity contribution is 5.66. The number of carbonyl (C=O) groups excluding carboxylic acids is 1. The summed E-state index contributed by atoms with van der Waals surface area (Å²) in [5.74, 6) is -0.921. The summed E-state index contributed by atoms with van der Waals surface area (Å²) in [6, 6.07) is 0. The Bertz CT molecular complexity index is 556. The van der Waals surface area contributed by atoms with Crippen molar-refractivity contribution < 1.29 is 29.2 Å². The number of hydrogen-bond donors (Lipinski definition) is 2. The summed E-state index contributed by atoms with van der Waals surface area (Å²) in [4.78, 5) is 11.7. The van der Waals surface area contributed by atoms with Gasteiger partial charge in [0.1, 0.15) is 17.8 Å². The molecule has 6 heteroatoms. The zero-order valence-corrected chi connectivity index (χ0v) is 15.0. The fraction of sp³-hybridized carbons (Fsp3) is 0.833. The van der Waals surface area contributed by atoms with E-state index in [1.54, 1.807) is 7.11 Å². The van der Waals surface area contributed by atoms with Crippen LogP contribution in [0.4, 0.5) is 0 Å². The summed E-state index contributed by atoms with van der Waals surface area (Å²) in [6.45, 7) is 7.44. The van der Waals surface area contributed by atoms with Crippen molar-refractivity contribution in [2.24, 2.45) is 17.3 Å². The van der Waals surface area contributed by atoms with Gasteiger partial charge in [-0.2, -0.15) is 0 Å². The Morgan fingerprint density at radius 3 is 2.58 bits per heavy atom. The largest absolute Gasteiger partial charge is 0.459 e. The van der Waals surface area contributed by atoms with E-state index in [2.05, 4.69) is 13.8 Å². The summed E-state index contributed by atoms with van der Waals surface area (Å²) in [5.41, 5.74) is -0.0874. The van der Waals surface area contributed by atoms with Crippen molar-refractivity contribution in [1.29, 1.82) is 0 Å². The van der Waals surface area contributed by atoms with Gasteiger partial charge in [-0.1, -0.05) is 25.5 Å². The topological polar surface area (TPSA) is 85.2 Å². The maximum atomic E-state index is 11.7. The summed E-state index contributed by atoms with van der Waals surface area (Å²) in [7, 11) is 1.54. The lowest BCUT2D eigenvalue weighted by molar-refractivity contribution is -0.276. The summed E-state index contributed by atoms with van der Waals surface area (Å²) in [5, 5.41) is 21.4. The zero-order valence-electron chi connectivity index (χ0n) is 15.0. The number of esters is 1. The second-order valence-electron chi connectivity index (χ2n) is 8.08. The van der Waals surface area contributed by atoms with Gasteiger partial charge in [-0.25, -0.2) is 0 Å². The van der Waals surface area contributed by atoms with Crippen LogP contribution in [0.25, 0.3) is 0 Å². The van der Waals surface area contributed by atoms with Gasteiger partial charge >= 0.3 is 5.97 Å². The number of methoxy groups -OCH3 is 1. The predicted molar refractivity (Wildman–Crippen MR) is 85.9 cm³/mol. The lowest BCUT2D eigenvalue weighted by atomic mass is 9.47. The van der Waals surface area contributed by atoms with Crippen molar-refractivity contribution >= 4 is 5.97 Å². The van der Waals surface area contributed by atoms with Crippen LogP contribution in [-0.4, -0.2) is 53.5 Å². The van der Waals surface area contributed by atoms with E-state index >= 15 is 0 Å². The van der Waals surface area contributed by atoms with Crippen LogP contribution < -0.4 is 0 Å². The lowest BCUT2D eigenvalue weighted by Crippen LogP contribution is -2.68. The number of hydrogen-bond acceptors (Lipinski definition) is 6. The van der Waals surface area contributed by atoms with Crippen molar-refractivity contribution in [1.82, 2.24) is 0 Å². The summed E-state index contributed by atoms with van der Waals surface area (Å²) in [6.07, 6.45) is 0.141. The first-order valence-electron chi connectivity index (χ1n) is 8.55. The first-order chi connectivity index (χ1) is 11.1. The molecule has 0 aromatic rings. The minimum absolute atomic E-state index is 0.0844. The molecule has 1 saturated carbocycles. The third-order valence-electron chi connectivity index (χ3n) is 6.19. The average molecular weight is 340 g/mol. The quantitative estimate of drug-likeness (QED) is 0.584. The van der Waals surface area contributed by atoms with Crippen molar-refractivity contribution in [3.63, 3.8) is 0 Å². The standard InChI is InChI=1S/C18H28O6/c1-9-6-12(22-5)15(20)14-11-8-17(3,4)18(11,24-16(14)21)13(7-9)23-10(2)19/h6,11-16,20-21H,7-8H2,1-5H3. The Labute approximate surface area is 142 Å². The van der Waals surface area contributed by atoms with Gasteiger partial charge in [0.2, 0.25) is 0 Å². The molecule has 1 heterocycles. The van der Waals surface area contributed by atoms with Crippen molar-refractivity contribution in [3.8, 4) is 0 Å². The van der Waals surface area contributed by atoms with Crippen LogP contribution in [0.5, 0.6) is 0 Å². The molecule has 6 nitrogen and oxygen atoms in total. The highest BCUT2D eigenvalue weighted by Gasteiger charge is 2.74. The molecular weight excluding hydrogens is 312 g/mol. The zero-order chi connectivity index (χ0) is 17.9. The van der Waals surface area contributed by atoms with Crippen LogP contribution in [0.3, 0.4) is 0 Å². The molecule has 2 aliphatic carbocycles. The molecule has 136 valence electrons. The van der Waals surface area contributed by atoms with E-state index in [4.69, 9.17) is 14.2 Å². The molecule has 7 unspecified atom stereocenters. The third kappa shape index (κ3) is 2.35. The Morgan fingerprint density at radius 2 is 2.04 bits per heavy atom. The number of carbonyl (C=O) groups is 1. The molecule has 3 aliphatic rings. The maximum absolute atomic E-state index is 11.7. The van der Waals surface area contributed by atoms with E-state index in [1.807, 2.05) is 13.0 Å². The van der Waals surface area contributed by atoms with E-state index in [-0.39, 0.29) is 17.3 Å². The monoisotopic (exact) mass is 340 g/mol. The normalized spacial score (nSPS) is 46.7. The van der Waals surface area contributed by atoms with E-state index in [9.17, 15) is 15.0 Å². The van der Waals surface area contributed by atoms with E-state index in [0.717, 1.165) is 12.0 Å². The average Bonchev–Trinajstić information content (AvgIpc) is 2.73. The van der Waals surface area contributed by atoms with Crippen LogP contribution >= 0.6 is 0 Å². The molecule has 2 bridgehead atoms. The molecule has 0 amide bonds. The van der Waals surface area contributed by atoms with Crippen LogP contribution in [0.1, 0.15) is 40.5 Å². The first kappa shape index (κ1) is 17.9. The Morgan fingerprint density at radius 1 is 1.38 bits per heavy atom. The summed E-state index contributed by atoms with van der Waals surface area (Å²) >= 11 is 0. The third-order valence-corrected chi connectivity index (χ3v) is 6.19. The van der Waals surface area contributed by atoms with E-state index in [0.29, 0.717) is 6.42 Å². The molecule has 0 radical (unpaired) electrons. The summed E-state index contributed by atoms with van der Waals surface area (Å²) < 4.78 is 17.2. The molecule has 0 aromatic heterocycles. The first-order valence-corrected chi connectivity index (χ1v) is 8.55. The second kappa shape index (κ2) is 5.80. The predicted octanol–water partition coefficient (Wildman–Crippen LogP) is 1.39. The van der Waals surface area contributed by atoms with Gasteiger partial charge in [-0.3, -0.25) is 4.79 Å². The van der Waals surface area contributed by atoms with E-state index < -0.39 is 36.1 Å². The van der Waals surface area contributed by atoms with Gasteiger partial charge in [0.25, 0.3) is 0 Å². The van der Waals surface area contributed by atoms with Gasteiger partial charge in [-0.15, -0.1) is 0 Å². The number of rotatable bonds is 2. The molecule has 2 N–H and O–H groups in total. The van der Waals surface area contributed by atoms with E-state index in [1.165, 1.54) is 6.92 Å². The SMILES string of the molecule is COC1C=C(C)CC(OC(C)=O)C23OC(O)C(C1O)C2CC3(C)C. The molecule has 3 rings (SSSR count). The maximum Gasteiger partial charge on any atom is 0.303 e. The van der Waals surface area contributed by atoms with Gasteiger partial charge < -0.3 is 24.4 Å². The minimum atomic E-state index is -1.10. The van der Waals surface area contributed by atoms with Crippen molar-refractivity contribution in [3.05, 3.63) is 11.6 Å². The smallest absolute Gasteiger partial charge is 0.303 e. The highest BCUT2D eigenvalue weighted by atomic mass is 16.7. The molecule has 0 aromatic carbocycles. The molecule has 24 heavy (non-hydrogen) atoms. The Kier molecular flexibility index (Phi) is 4.31. The molecule has 2 fully saturated rings. The van der Waals surface area contributed by atoms with Gasteiger partial charge in [0.15, 0.2) is 6.29 Å². The van der Waals surface area contributed by atoms with Crippen molar-refractivity contribution in [2.75, 3.05) is 7.11 Å². The molecule has 7 atom stereocenters. The van der Waals surface area contributed by atoms with Crippen LogP contribution in [-0.2, 0) is 19.0 Å². The number of ether oxygens (including phenoxy) is 3. The lowest BCUT2D eigenvalue weighted by Gasteiger charge is -2.61. The fourth-order valence-electron chi connectivity index (χ4n) is 5.18. The van der Waals surface area contributed by atoms with Gasteiger partial charge in [0.05, 0.1) is 6.10 Å². The highest BCUT2D eigenvalue weighted by Crippen LogP contribution is 2.67. The minimum Gasteiger partial charge on any atom is -0.459 e. The molecule has 1 aliphatic heterocycles. The van der Waals surface area contributed by atoms with Crippen molar-refractivity contribution in [2.45, 2.75) is 70.7 Å².